The van der Waals surface area contributed by atoms with E-state index in [1.54, 1.807) is 6.92 Å². The second-order valence-electron chi connectivity index (χ2n) is 7.04. The van der Waals surface area contributed by atoms with Crippen molar-refractivity contribution in [1.82, 2.24) is 9.97 Å². The van der Waals surface area contributed by atoms with E-state index in [1.165, 1.54) is 18.4 Å². The first-order valence-electron chi connectivity index (χ1n) is 9.56. The molecule has 2 heterocycles. The van der Waals surface area contributed by atoms with Gasteiger partial charge in [0.1, 0.15) is 16.6 Å². The molecule has 1 unspecified atom stereocenters. The number of hydrogen-bond donors (Lipinski definition) is 2. The number of aryl methyl sites for hydroxylation is 1. The van der Waals surface area contributed by atoms with Crippen LogP contribution in [-0.2, 0) is 28.8 Å². The number of esters is 1. The Morgan fingerprint density at radius 1 is 1.47 bits per heavy atom. The first-order chi connectivity index (χ1) is 14.4. The number of thioether (sulfide) groups is 1. The number of nitrogens with zero attached hydrogens (tertiary/aromatic N) is 2. The molecule has 158 valence electrons. The highest BCUT2D eigenvalue weighted by Crippen LogP contribution is 2.40. The van der Waals surface area contributed by atoms with Gasteiger partial charge in [-0.05, 0) is 37.2 Å². The van der Waals surface area contributed by atoms with E-state index in [9.17, 15) is 14.4 Å². The maximum absolute atomic E-state index is 12.5. The highest BCUT2D eigenvalue weighted by atomic mass is 32.2. The number of ether oxygens (including phenoxy) is 1. The monoisotopic (exact) mass is 446 g/mol. The van der Waals surface area contributed by atoms with Crippen LogP contribution in [0.5, 0.6) is 0 Å². The molecular formula is C20H22N4O4S2. The van der Waals surface area contributed by atoms with Crippen molar-refractivity contribution in [2.45, 2.75) is 44.7 Å². The van der Waals surface area contributed by atoms with E-state index in [4.69, 9.17) is 10.00 Å². The zero-order valence-electron chi connectivity index (χ0n) is 17.0. The highest BCUT2D eigenvalue weighted by molar-refractivity contribution is 7.99. The van der Waals surface area contributed by atoms with Crippen molar-refractivity contribution in [3.05, 3.63) is 37.6 Å². The number of nitrogens with one attached hydrogen (secondary N) is 2. The van der Waals surface area contributed by atoms with Gasteiger partial charge in [0, 0.05) is 4.88 Å². The van der Waals surface area contributed by atoms with Gasteiger partial charge in [-0.3, -0.25) is 9.59 Å². The molecule has 10 heteroatoms. The molecule has 1 amide bonds. The van der Waals surface area contributed by atoms with E-state index in [0.29, 0.717) is 28.6 Å². The zero-order valence-corrected chi connectivity index (χ0v) is 18.6. The number of carbonyl (C=O) groups is 2. The van der Waals surface area contributed by atoms with Crippen LogP contribution in [0.3, 0.4) is 0 Å². The van der Waals surface area contributed by atoms with Crippen molar-refractivity contribution in [3.63, 3.8) is 0 Å². The number of methoxy groups -OCH3 is 1. The zero-order chi connectivity index (χ0) is 21.8. The van der Waals surface area contributed by atoms with E-state index < -0.39 is 11.5 Å². The lowest BCUT2D eigenvalue weighted by Crippen LogP contribution is -2.19. The number of aromatic amines is 1. The standard InChI is InChI=1S/C20H22N4O4S2/c1-4-13-12(8-21)17(26)24-20(22-13)29-9-15(25)23-18-16(19(27)28-3)11-6-5-10(2)7-14(11)30-18/h10H,4-7,9H2,1-3H3,(H,23,25)(H,22,24,26). The van der Waals surface area contributed by atoms with Crippen LogP contribution in [0.4, 0.5) is 5.00 Å². The number of aromatic nitrogens is 2. The summed E-state index contributed by atoms with van der Waals surface area (Å²) in [5.74, 6) is -0.234. The Morgan fingerprint density at radius 2 is 2.23 bits per heavy atom. The van der Waals surface area contributed by atoms with Gasteiger partial charge in [0.2, 0.25) is 5.91 Å². The molecule has 1 aliphatic carbocycles. The van der Waals surface area contributed by atoms with E-state index in [0.717, 1.165) is 41.5 Å². The van der Waals surface area contributed by atoms with Crippen LogP contribution in [0.1, 0.15) is 52.3 Å². The topological polar surface area (TPSA) is 125 Å². The maximum Gasteiger partial charge on any atom is 0.341 e. The third kappa shape index (κ3) is 4.57. The lowest BCUT2D eigenvalue weighted by Gasteiger charge is -2.18. The predicted molar refractivity (Wildman–Crippen MR) is 115 cm³/mol. The molecule has 0 fully saturated rings. The summed E-state index contributed by atoms with van der Waals surface area (Å²) >= 11 is 2.49. The number of rotatable bonds is 6. The molecule has 0 spiro atoms. The maximum atomic E-state index is 12.5. The van der Waals surface area contributed by atoms with Gasteiger partial charge in [-0.2, -0.15) is 5.26 Å². The van der Waals surface area contributed by atoms with Crippen LogP contribution in [0, 0.1) is 17.2 Å². The molecule has 0 radical (unpaired) electrons. The van der Waals surface area contributed by atoms with Crippen molar-refractivity contribution >= 4 is 40.0 Å². The summed E-state index contributed by atoms with van der Waals surface area (Å²) in [6.45, 7) is 3.98. The van der Waals surface area contributed by atoms with E-state index >= 15 is 0 Å². The Hall–Kier alpha value is -2.64. The van der Waals surface area contributed by atoms with Crippen LogP contribution < -0.4 is 10.9 Å². The summed E-state index contributed by atoms with van der Waals surface area (Å²) < 4.78 is 4.93. The molecule has 30 heavy (non-hydrogen) atoms. The molecule has 2 aromatic heterocycles. The molecule has 1 atom stereocenters. The summed E-state index contributed by atoms with van der Waals surface area (Å²) in [6, 6.07) is 1.85. The first-order valence-corrected chi connectivity index (χ1v) is 11.4. The Balaban J connectivity index is 1.76. The van der Waals surface area contributed by atoms with Crippen LogP contribution in [0.15, 0.2) is 9.95 Å². The lowest BCUT2D eigenvalue weighted by molar-refractivity contribution is -0.113. The lowest BCUT2D eigenvalue weighted by atomic mass is 9.88. The molecular weight excluding hydrogens is 424 g/mol. The van der Waals surface area contributed by atoms with Crippen molar-refractivity contribution < 1.29 is 14.3 Å². The van der Waals surface area contributed by atoms with Crippen molar-refractivity contribution in [2.24, 2.45) is 5.92 Å². The van der Waals surface area contributed by atoms with Gasteiger partial charge >= 0.3 is 5.97 Å². The normalized spacial score (nSPS) is 15.2. The third-order valence-corrected chi connectivity index (χ3v) is 6.96. The molecule has 0 aromatic carbocycles. The van der Waals surface area contributed by atoms with Crippen LogP contribution >= 0.6 is 23.1 Å². The number of amides is 1. The minimum absolute atomic E-state index is 0.00240. The van der Waals surface area contributed by atoms with E-state index in [-0.39, 0.29) is 22.4 Å². The van der Waals surface area contributed by atoms with Gasteiger partial charge in [-0.15, -0.1) is 11.3 Å². The number of nitriles is 1. The van der Waals surface area contributed by atoms with Gasteiger partial charge in [0.05, 0.1) is 24.1 Å². The minimum atomic E-state index is -0.514. The first kappa shape index (κ1) is 22.1. The predicted octanol–water partition coefficient (Wildman–Crippen LogP) is 2.91. The quantitative estimate of drug-likeness (QED) is 0.397. The van der Waals surface area contributed by atoms with Gasteiger partial charge in [-0.1, -0.05) is 25.6 Å². The Labute approximate surface area is 182 Å². The molecule has 0 aliphatic heterocycles. The number of anilines is 1. The summed E-state index contributed by atoms with van der Waals surface area (Å²) in [6.07, 6.45) is 3.10. The molecule has 0 saturated carbocycles. The van der Waals surface area contributed by atoms with Crippen LogP contribution in [0.2, 0.25) is 0 Å². The summed E-state index contributed by atoms with van der Waals surface area (Å²) in [5.41, 5.74) is 1.30. The number of H-pyrrole nitrogens is 1. The van der Waals surface area contributed by atoms with Crippen molar-refractivity contribution in [3.8, 4) is 6.07 Å². The molecule has 1 aliphatic rings. The molecule has 0 saturated heterocycles. The molecule has 3 rings (SSSR count). The highest BCUT2D eigenvalue weighted by Gasteiger charge is 2.28. The minimum Gasteiger partial charge on any atom is -0.465 e. The summed E-state index contributed by atoms with van der Waals surface area (Å²) in [7, 11) is 1.33. The molecule has 0 bridgehead atoms. The van der Waals surface area contributed by atoms with E-state index in [2.05, 4.69) is 22.2 Å². The summed E-state index contributed by atoms with van der Waals surface area (Å²) in [4.78, 5) is 44.8. The number of hydrogen-bond acceptors (Lipinski definition) is 8. The Bertz CT molecular complexity index is 1080. The van der Waals surface area contributed by atoms with Crippen LogP contribution in [-0.4, -0.2) is 34.7 Å². The van der Waals surface area contributed by atoms with Crippen molar-refractivity contribution in [1.29, 1.82) is 5.26 Å². The van der Waals surface area contributed by atoms with Gasteiger partial charge in [0.15, 0.2) is 5.16 Å². The van der Waals surface area contributed by atoms with Gasteiger partial charge in [-0.25, -0.2) is 9.78 Å². The second-order valence-corrected chi connectivity index (χ2v) is 9.11. The van der Waals surface area contributed by atoms with Crippen molar-refractivity contribution in [2.75, 3.05) is 18.2 Å². The Morgan fingerprint density at radius 3 is 2.90 bits per heavy atom. The molecule has 8 nitrogen and oxygen atoms in total. The number of fused-ring (bicyclic) bond motifs is 1. The fourth-order valence-electron chi connectivity index (χ4n) is 3.39. The average molecular weight is 447 g/mol. The molecule has 2 N–H and O–H groups in total. The fraction of sp³-hybridized carbons (Fsp3) is 0.450. The smallest absolute Gasteiger partial charge is 0.341 e. The SMILES string of the molecule is CCc1nc(SCC(=O)Nc2sc3c(c2C(=O)OC)CCC(C)C3)[nH]c(=O)c1C#N. The fourth-order valence-corrected chi connectivity index (χ4v) is 5.48. The third-order valence-electron chi connectivity index (χ3n) is 4.91. The Kier molecular flexibility index (Phi) is 6.95. The summed E-state index contributed by atoms with van der Waals surface area (Å²) in [5, 5.41) is 12.7. The average Bonchev–Trinajstić information content (AvgIpc) is 3.07. The van der Waals surface area contributed by atoms with Gasteiger partial charge in [0.25, 0.3) is 5.56 Å². The van der Waals surface area contributed by atoms with Gasteiger partial charge < -0.3 is 15.0 Å². The van der Waals surface area contributed by atoms with Crippen LogP contribution in [0.25, 0.3) is 0 Å². The number of thiophene rings is 1. The largest absolute Gasteiger partial charge is 0.465 e. The molecule has 2 aromatic rings. The second kappa shape index (κ2) is 9.45. The van der Waals surface area contributed by atoms with E-state index in [1.807, 2.05) is 6.07 Å². The number of carbonyl (C=O) groups excluding carboxylic acids is 2.